The number of halogens is 2. The molecule has 0 radical (unpaired) electrons. The van der Waals surface area contributed by atoms with Gasteiger partial charge in [0.25, 0.3) is 5.91 Å². The van der Waals surface area contributed by atoms with E-state index in [0.29, 0.717) is 53.2 Å². The number of hydrogen-bond donors (Lipinski definition) is 0. The average molecular weight is 407 g/mol. The second-order valence-electron chi connectivity index (χ2n) is 6.34. The standard InChI is InChI=1S/C20H20Cl2N2O3/c1-23(11-12-27-16-7-4-14(21)5-8-16)20(26)17-9-6-15(22)13-18(17)24-10-2-3-19(24)25/h4-9,13H,2-3,10-12H2,1H3. The van der Waals surface area contributed by atoms with Gasteiger partial charge >= 0.3 is 0 Å². The summed E-state index contributed by atoms with van der Waals surface area (Å²) in [6, 6.07) is 12.1. The van der Waals surface area contributed by atoms with Crippen LogP contribution >= 0.6 is 23.2 Å². The lowest BCUT2D eigenvalue weighted by molar-refractivity contribution is -0.117. The molecule has 0 bridgehead atoms. The molecule has 27 heavy (non-hydrogen) atoms. The maximum atomic E-state index is 12.9. The highest BCUT2D eigenvalue weighted by Crippen LogP contribution is 2.29. The van der Waals surface area contributed by atoms with Crippen LogP contribution in [0.2, 0.25) is 10.0 Å². The van der Waals surface area contributed by atoms with Crippen LogP contribution < -0.4 is 9.64 Å². The zero-order chi connectivity index (χ0) is 19.4. The number of carbonyl (C=O) groups is 2. The molecule has 2 amide bonds. The van der Waals surface area contributed by atoms with Gasteiger partial charge in [-0.3, -0.25) is 9.59 Å². The minimum absolute atomic E-state index is 0.0139. The van der Waals surface area contributed by atoms with E-state index in [0.717, 1.165) is 6.42 Å². The summed E-state index contributed by atoms with van der Waals surface area (Å²) >= 11 is 11.9. The van der Waals surface area contributed by atoms with Crippen molar-refractivity contribution in [3.05, 3.63) is 58.1 Å². The van der Waals surface area contributed by atoms with E-state index in [1.807, 2.05) is 0 Å². The van der Waals surface area contributed by atoms with Crippen molar-refractivity contribution in [1.29, 1.82) is 0 Å². The predicted octanol–water partition coefficient (Wildman–Crippen LogP) is 4.27. The molecule has 1 aliphatic heterocycles. The van der Waals surface area contributed by atoms with E-state index in [4.69, 9.17) is 27.9 Å². The molecule has 1 saturated heterocycles. The summed E-state index contributed by atoms with van der Waals surface area (Å²) in [4.78, 5) is 28.2. The summed E-state index contributed by atoms with van der Waals surface area (Å²) < 4.78 is 5.65. The van der Waals surface area contributed by atoms with Crippen LogP contribution in [-0.2, 0) is 4.79 Å². The van der Waals surface area contributed by atoms with E-state index >= 15 is 0 Å². The third-order valence-electron chi connectivity index (χ3n) is 4.41. The second-order valence-corrected chi connectivity index (χ2v) is 7.21. The Morgan fingerprint density at radius 2 is 1.85 bits per heavy atom. The van der Waals surface area contributed by atoms with Gasteiger partial charge in [0.2, 0.25) is 5.91 Å². The van der Waals surface area contributed by atoms with Crippen molar-refractivity contribution in [2.75, 3.05) is 31.6 Å². The molecule has 2 aromatic carbocycles. The molecule has 5 nitrogen and oxygen atoms in total. The number of anilines is 1. The van der Waals surface area contributed by atoms with Crippen LogP contribution in [0.4, 0.5) is 5.69 Å². The van der Waals surface area contributed by atoms with Crippen molar-refractivity contribution < 1.29 is 14.3 Å². The Bertz CT molecular complexity index is 840. The number of ether oxygens (including phenoxy) is 1. The van der Waals surface area contributed by atoms with E-state index in [9.17, 15) is 9.59 Å². The van der Waals surface area contributed by atoms with Crippen LogP contribution in [0.3, 0.4) is 0 Å². The highest BCUT2D eigenvalue weighted by Gasteiger charge is 2.27. The summed E-state index contributed by atoms with van der Waals surface area (Å²) in [5, 5.41) is 1.14. The SMILES string of the molecule is CN(CCOc1ccc(Cl)cc1)C(=O)c1ccc(Cl)cc1N1CCCC1=O. The van der Waals surface area contributed by atoms with Crippen LogP contribution in [0.1, 0.15) is 23.2 Å². The Morgan fingerprint density at radius 1 is 1.15 bits per heavy atom. The van der Waals surface area contributed by atoms with Gasteiger partial charge in [-0.1, -0.05) is 23.2 Å². The van der Waals surface area contributed by atoms with Crippen molar-refractivity contribution in [1.82, 2.24) is 4.90 Å². The predicted molar refractivity (Wildman–Crippen MR) is 107 cm³/mol. The molecular weight excluding hydrogens is 387 g/mol. The van der Waals surface area contributed by atoms with E-state index < -0.39 is 0 Å². The summed E-state index contributed by atoms with van der Waals surface area (Å²) in [5.74, 6) is 0.524. The van der Waals surface area contributed by atoms with E-state index in [1.54, 1.807) is 59.3 Å². The number of benzene rings is 2. The molecule has 0 aromatic heterocycles. The lowest BCUT2D eigenvalue weighted by Crippen LogP contribution is -2.33. The molecule has 1 heterocycles. The van der Waals surface area contributed by atoms with Gasteiger partial charge in [0.1, 0.15) is 12.4 Å². The fourth-order valence-corrected chi connectivity index (χ4v) is 3.24. The minimum Gasteiger partial charge on any atom is -0.492 e. The molecule has 0 atom stereocenters. The van der Waals surface area contributed by atoms with Gasteiger partial charge in [-0.05, 0) is 48.9 Å². The Morgan fingerprint density at radius 3 is 2.52 bits per heavy atom. The van der Waals surface area contributed by atoms with Crippen molar-refractivity contribution in [3.8, 4) is 5.75 Å². The van der Waals surface area contributed by atoms with Crippen LogP contribution in [0.5, 0.6) is 5.75 Å². The molecule has 2 aromatic rings. The number of hydrogen-bond acceptors (Lipinski definition) is 3. The zero-order valence-corrected chi connectivity index (χ0v) is 16.5. The van der Waals surface area contributed by atoms with Gasteiger partial charge < -0.3 is 14.5 Å². The first-order valence-electron chi connectivity index (χ1n) is 8.69. The monoisotopic (exact) mass is 406 g/mol. The van der Waals surface area contributed by atoms with E-state index in [2.05, 4.69) is 0 Å². The Balaban J connectivity index is 1.67. The molecule has 0 unspecified atom stereocenters. The maximum absolute atomic E-state index is 12.9. The van der Waals surface area contributed by atoms with Gasteiger partial charge in [-0.25, -0.2) is 0 Å². The number of rotatable bonds is 6. The number of likely N-dealkylation sites (N-methyl/N-ethyl adjacent to an activating group) is 1. The Hall–Kier alpha value is -2.24. The molecular formula is C20H20Cl2N2O3. The Kier molecular flexibility index (Phi) is 6.24. The smallest absolute Gasteiger partial charge is 0.255 e. The highest BCUT2D eigenvalue weighted by atomic mass is 35.5. The summed E-state index contributed by atoms with van der Waals surface area (Å²) in [7, 11) is 1.71. The minimum atomic E-state index is -0.180. The largest absolute Gasteiger partial charge is 0.492 e. The van der Waals surface area contributed by atoms with Crippen LogP contribution in [0, 0.1) is 0 Å². The fraction of sp³-hybridized carbons (Fsp3) is 0.300. The first-order valence-corrected chi connectivity index (χ1v) is 9.45. The number of nitrogens with zero attached hydrogens (tertiary/aromatic N) is 2. The van der Waals surface area contributed by atoms with Gasteiger partial charge in [0, 0.05) is 30.1 Å². The average Bonchev–Trinajstić information content (AvgIpc) is 3.08. The summed E-state index contributed by atoms with van der Waals surface area (Å²) in [6.45, 7) is 1.34. The summed E-state index contributed by atoms with van der Waals surface area (Å²) in [6.07, 6.45) is 1.27. The van der Waals surface area contributed by atoms with Crippen molar-refractivity contribution in [3.63, 3.8) is 0 Å². The molecule has 0 spiro atoms. The normalized spacial score (nSPS) is 13.7. The molecule has 7 heteroatoms. The highest BCUT2D eigenvalue weighted by molar-refractivity contribution is 6.31. The van der Waals surface area contributed by atoms with Crippen molar-refractivity contribution in [2.24, 2.45) is 0 Å². The van der Waals surface area contributed by atoms with Gasteiger partial charge in [-0.15, -0.1) is 0 Å². The lowest BCUT2D eigenvalue weighted by atomic mass is 10.1. The molecule has 0 saturated carbocycles. The number of carbonyl (C=O) groups excluding carboxylic acids is 2. The van der Waals surface area contributed by atoms with E-state index in [1.165, 1.54) is 0 Å². The topological polar surface area (TPSA) is 49.9 Å². The zero-order valence-electron chi connectivity index (χ0n) is 15.0. The molecule has 0 aliphatic carbocycles. The fourth-order valence-electron chi connectivity index (χ4n) is 2.95. The van der Waals surface area contributed by atoms with Gasteiger partial charge in [0.15, 0.2) is 0 Å². The molecule has 3 rings (SSSR count). The van der Waals surface area contributed by atoms with Crippen molar-refractivity contribution in [2.45, 2.75) is 12.8 Å². The van der Waals surface area contributed by atoms with Crippen molar-refractivity contribution >= 4 is 40.7 Å². The molecule has 0 N–H and O–H groups in total. The lowest BCUT2D eigenvalue weighted by Gasteiger charge is -2.23. The van der Waals surface area contributed by atoms with Crippen LogP contribution in [-0.4, -0.2) is 43.5 Å². The third-order valence-corrected chi connectivity index (χ3v) is 4.90. The molecule has 1 aliphatic rings. The Labute approximate surface area is 168 Å². The second kappa shape index (κ2) is 8.63. The first-order chi connectivity index (χ1) is 13.0. The van der Waals surface area contributed by atoms with Crippen LogP contribution in [0.25, 0.3) is 0 Å². The van der Waals surface area contributed by atoms with Gasteiger partial charge in [-0.2, -0.15) is 0 Å². The third kappa shape index (κ3) is 4.73. The van der Waals surface area contributed by atoms with E-state index in [-0.39, 0.29) is 11.8 Å². The van der Waals surface area contributed by atoms with Crippen LogP contribution in [0.15, 0.2) is 42.5 Å². The quantitative estimate of drug-likeness (QED) is 0.719. The maximum Gasteiger partial charge on any atom is 0.255 e. The molecule has 1 fully saturated rings. The number of amides is 2. The first kappa shape index (κ1) is 19.5. The summed E-state index contributed by atoms with van der Waals surface area (Å²) in [5.41, 5.74) is 1.03. The molecule has 142 valence electrons. The van der Waals surface area contributed by atoms with Gasteiger partial charge in [0.05, 0.1) is 17.8 Å².